The zero-order valence-electron chi connectivity index (χ0n) is 11.3. The molecule has 0 bridgehead atoms. The number of amides is 1. The van der Waals surface area contributed by atoms with Gasteiger partial charge in [-0.15, -0.1) is 0 Å². The number of aliphatic carboxylic acids is 1. The molecular weight excluding hydrogens is 275 g/mol. The van der Waals surface area contributed by atoms with E-state index in [2.05, 4.69) is 10.3 Å². The monoisotopic (exact) mass is 288 g/mol. The van der Waals surface area contributed by atoms with Gasteiger partial charge in [0.2, 0.25) is 0 Å². The summed E-state index contributed by atoms with van der Waals surface area (Å²) in [6.07, 6.45) is 1.18. The van der Waals surface area contributed by atoms with Gasteiger partial charge >= 0.3 is 5.97 Å². The van der Waals surface area contributed by atoms with Crippen molar-refractivity contribution < 1.29 is 19.1 Å². The number of hydrogen-bond donors (Lipinski definition) is 2. The lowest BCUT2D eigenvalue weighted by Crippen LogP contribution is -2.13. The number of carbonyl (C=O) groups is 2. The van der Waals surface area contributed by atoms with Crippen molar-refractivity contribution in [2.75, 3.05) is 5.32 Å². The molecule has 21 heavy (non-hydrogen) atoms. The van der Waals surface area contributed by atoms with Gasteiger partial charge < -0.3 is 10.4 Å². The van der Waals surface area contributed by atoms with Crippen molar-refractivity contribution in [1.82, 2.24) is 4.98 Å². The number of carboxylic acids is 1. The predicted molar refractivity (Wildman–Crippen MR) is 74.7 cm³/mol. The van der Waals surface area contributed by atoms with E-state index in [1.54, 1.807) is 13.0 Å². The fraction of sp³-hybridized carbons (Fsp3) is 0.133. The molecule has 0 spiro atoms. The van der Waals surface area contributed by atoms with E-state index in [0.29, 0.717) is 16.9 Å². The minimum absolute atomic E-state index is 0.183. The molecule has 6 heteroatoms. The van der Waals surface area contributed by atoms with E-state index in [1.165, 1.54) is 24.4 Å². The Bertz CT molecular complexity index is 684. The lowest BCUT2D eigenvalue weighted by Gasteiger charge is -2.06. The number of rotatable bonds is 4. The number of halogens is 1. The minimum Gasteiger partial charge on any atom is -0.481 e. The largest absolute Gasteiger partial charge is 0.481 e. The first-order valence-corrected chi connectivity index (χ1v) is 6.20. The minimum atomic E-state index is -0.977. The Morgan fingerprint density at radius 3 is 2.62 bits per heavy atom. The normalized spacial score (nSPS) is 10.2. The average Bonchev–Trinajstić information content (AvgIpc) is 2.43. The summed E-state index contributed by atoms with van der Waals surface area (Å²) in [6.45, 7) is 1.61. The van der Waals surface area contributed by atoms with Crippen LogP contribution in [0.3, 0.4) is 0 Å². The van der Waals surface area contributed by atoms with Crippen LogP contribution >= 0.6 is 0 Å². The van der Waals surface area contributed by atoms with E-state index in [1.807, 2.05) is 0 Å². The summed E-state index contributed by atoms with van der Waals surface area (Å²) in [5.74, 6) is -1.88. The van der Waals surface area contributed by atoms with Crippen LogP contribution in [-0.4, -0.2) is 22.0 Å². The lowest BCUT2D eigenvalue weighted by atomic mass is 10.1. The molecule has 1 aromatic carbocycles. The Balaban J connectivity index is 2.08. The van der Waals surface area contributed by atoms with E-state index in [4.69, 9.17) is 5.11 Å². The first kappa shape index (κ1) is 14.6. The highest BCUT2D eigenvalue weighted by molar-refractivity contribution is 6.04. The van der Waals surface area contributed by atoms with Crippen LogP contribution in [0.2, 0.25) is 0 Å². The molecule has 2 aromatic rings. The van der Waals surface area contributed by atoms with Crippen LogP contribution in [0.4, 0.5) is 10.1 Å². The van der Waals surface area contributed by atoms with Crippen LogP contribution in [0.15, 0.2) is 36.5 Å². The maximum atomic E-state index is 13.4. The highest BCUT2D eigenvalue weighted by Crippen LogP contribution is 2.12. The van der Waals surface area contributed by atoms with E-state index < -0.39 is 17.7 Å². The third kappa shape index (κ3) is 3.85. The third-order valence-corrected chi connectivity index (χ3v) is 2.85. The van der Waals surface area contributed by atoms with Crippen molar-refractivity contribution >= 4 is 17.6 Å². The Hall–Kier alpha value is -2.76. The Kier molecular flexibility index (Phi) is 4.27. The number of aromatic nitrogens is 1. The quantitative estimate of drug-likeness (QED) is 0.905. The molecule has 1 heterocycles. The van der Waals surface area contributed by atoms with Crippen molar-refractivity contribution in [3.05, 3.63) is 59.2 Å². The summed E-state index contributed by atoms with van der Waals surface area (Å²) in [4.78, 5) is 26.4. The smallest absolute Gasteiger partial charge is 0.309 e. The number of nitrogens with zero attached hydrogens (tertiary/aromatic N) is 1. The zero-order chi connectivity index (χ0) is 15.4. The second-order valence-corrected chi connectivity index (χ2v) is 4.53. The Morgan fingerprint density at radius 1 is 1.29 bits per heavy atom. The summed E-state index contributed by atoms with van der Waals surface area (Å²) in [6, 6.07) is 7.28. The third-order valence-electron chi connectivity index (χ3n) is 2.85. The maximum Gasteiger partial charge on any atom is 0.309 e. The van der Waals surface area contributed by atoms with Crippen LogP contribution in [0.5, 0.6) is 0 Å². The summed E-state index contributed by atoms with van der Waals surface area (Å²) >= 11 is 0. The van der Waals surface area contributed by atoms with E-state index in [9.17, 15) is 14.0 Å². The van der Waals surface area contributed by atoms with Crippen LogP contribution < -0.4 is 5.32 Å². The number of carboxylic acid groups (broad SMARTS) is 1. The second-order valence-electron chi connectivity index (χ2n) is 4.53. The topological polar surface area (TPSA) is 79.3 Å². The highest BCUT2D eigenvalue weighted by Gasteiger charge is 2.09. The number of hydrogen-bond acceptors (Lipinski definition) is 3. The molecule has 0 saturated carbocycles. The molecule has 108 valence electrons. The van der Waals surface area contributed by atoms with Gasteiger partial charge in [-0.3, -0.25) is 14.6 Å². The molecule has 0 saturated heterocycles. The molecule has 0 radical (unpaired) electrons. The molecule has 1 aromatic heterocycles. The molecule has 0 aliphatic heterocycles. The molecule has 0 fully saturated rings. The highest BCUT2D eigenvalue weighted by atomic mass is 19.1. The number of carbonyl (C=O) groups excluding carboxylic acids is 1. The van der Waals surface area contributed by atoms with Gasteiger partial charge in [-0.2, -0.15) is 0 Å². The summed E-state index contributed by atoms with van der Waals surface area (Å²) in [5.41, 5.74) is 1.47. The van der Waals surface area contributed by atoms with Gasteiger partial charge in [0.1, 0.15) is 5.82 Å². The molecular formula is C15H13FN2O3. The number of anilines is 1. The number of aryl methyl sites for hydroxylation is 1. The molecule has 5 nitrogen and oxygen atoms in total. The van der Waals surface area contributed by atoms with Crippen molar-refractivity contribution in [2.24, 2.45) is 0 Å². The number of benzene rings is 1. The van der Waals surface area contributed by atoms with Crippen molar-refractivity contribution in [3.63, 3.8) is 0 Å². The zero-order valence-corrected chi connectivity index (χ0v) is 11.3. The van der Waals surface area contributed by atoms with Gasteiger partial charge in [0.15, 0.2) is 0 Å². The second kappa shape index (κ2) is 6.13. The first-order valence-electron chi connectivity index (χ1n) is 6.20. The van der Waals surface area contributed by atoms with E-state index in [0.717, 1.165) is 6.07 Å². The fourth-order valence-corrected chi connectivity index (χ4v) is 1.70. The molecule has 2 rings (SSSR count). The molecule has 2 N–H and O–H groups in total. The summed E-state index contributed by atoms with van der Waals surface area (Å²) < 4.78 is 13.4. The Morgan fingerprint density at radius 2 is 2.05 bits per heavy atom. The van der Waals surface area contributed by atoms with Gasteiger partial charge in [-0.05, 0) is 36.8 Å². The van der Waals surface area contributed by atoms with Crippen molar-refractivity contribution in [1.29, 1.82) is 0 Å². The molecule has 0 aliphatic rings. The van der Waals surface area contributed by atoms with Crippen LogP contribution in [0.25, 0.3) is 0 Å². The molecule has 1 amide bonds. The van der Waals surface area contributed by atoms with E-state index in [-0.39, 0.29) is 12.0 Å². The van der Waals surface area contributed by atoms with Crippen molar-refractivity contribution in [2.45, 2.75) is 13.3 Å². The molecule has 0 aliphatic carbocycles. The van der Waals surface area contributed by atoms with E-state index >= 15 is 0 Å². The van der Waals surface area contributed by atoms with Gasteiger partial charge in [-0.1, -0.05) is 6.07 Å². The average molecular weight is 288 g/mol. The Labute approximate surface area is 120 Å². The predicted octanol–water partition coefficient (Wildman–Crippen LogP) is 2.41. The SMILES string of the molecule is Cc1ccc(C(=O)Nc2ccc(CC(=O)O)nc2)cc1F. The first-order chi connectivity index (χ1) is 9.95. The summed E-state index contributed by atoms with van der Waals surface area (Å²) in [5, 5.41) is 11.2. The van der Waals surface area contributed by atoms with Gasteiger partial charge in [-0.25, -0.2) is 4.39 Å². The van der Waals surface area contributed by atoms with Crippen LogP contribution in [0, 0.1) is 12.7 Å². The van der Waals surface area contributed by atoms with Crippen LogP contribution in [0.1, 0.15) is 21.6 Å². The fourth-order valence-electron chi connectivity index (χ4n) is 1.70. The van der Waals surface area contributed by atoms with Gasteiger partial charge in [0.25, 0.3) is 5.91 Å². The number of nitrogens with one attached hydrogen (secondary N) is 1. The van der Waals surface area contributed by atoms with Gasteiger partial charge in [0, 0.05) is 5.56 Å². The maximum absolute atomic E-state index is 13.4. The molecule has 0 atom stereocenters. The lowest BCUT2D eigenvalue weighted by molar-refractivity contribution is -0.136. The molecule has 0 unspecified atom stereocenters. The van der Waals surface area contributed by atoms with Gasteiger partial charge in [0.05, 0.1) is 24.0 Å². The summed E-state index contributed by atoms with van der Waals surface area (Å²) in [7, 11) is 0. The van der Waals surface area contributed by atoms with Crippen molar-refractivity contribution in [3.8, 4) is 0 Å². The number of pyridine rings is 1. The standard InChI is InChI=1S/C15H13FN2O3/c1-9-2-3-10(6-13(9)16)15(21)18-12-5-4-11(17-8-12)7-14(19)20/h2-6,8H,7H2,1H3,(H,18,21)(H,19,20). The van der Waals surface area contributed by atoms with Crippen LogP contribution in [-0.2, 0) is 11.2 Å².